The van der Waals surface area contributed by atoms with E-state index in [1.165, 1.54) is 11.3 Å². The molecule has 3 heterocycles. The zero-order valence-electron chi connectivity index (χ0n) is 21.5. The number of benzene rings is 2. The second-order valence-electron chi connectivity index (χ2n) is 10.0. The molecule has 0 radical (unpaired) electrons. The lowest BCUT2D eigenvalue weighted by molar-refractivity contribution is 0.0696. The van der Waals surface area contributed by atoms with Gasteiger partial charge in [-0.05, 0) is 84.9 Å². The van der Waals surface area contributed by atoms with Gasteiger partial charge in [-0.1, -0.05) is 24.3 Å². The van der Waals surface area contributed by atoms with Gasteiger partial charge in [-0.2, -0.15) is 0 Å². The zero-order valence-corrected chi connectivity index (χ0v) is 21.5. The van der Waals surface area contributed by atoms with Crippen molar-refractivity contribution < 1.29 is 14.7 Å². The molecule has 0 aliphatic carbocycles. The van der Waals surface area contributed by atoms with Gasteiger partial charge in [0.1, 0.15) is 5.65 Å². The molecule has 2 aromatic heterocycles. The van der Waals surface area contributed by atoms with Crippen LogP contribution in [0.5, 0.6) is 0 Å². The third-order valence-electron chi connectivity index (χ3n) is 7.46. The summed E-state index contributed by atoms with van der Waals surface area (Å²) in [6, 6.07) is 19.3. The summed E-state index contributed by atoms with van der Waals surface area (Å²) in [5.41, 5.74) is 6.26. The Kier molecular flexibility index (Phi) is 6.80. The van der Waals surface area contributed by atoms with Gasteiger partial charge in [-0.3, -0.25) is 9.69 Å². The summed E-state index contributed by atoms with van der Waals surface area (Å²) in [6.45, 7) is 2.85. The van der Waals surface area contributed by atoms with Crippen LogP contribution in [0.1, 0.15) is 50.7 Å². The second kappa shape index (κ2) is 10.2. The molecule has 0 spiro atoms. The maximum absolute atomic E-state index is 12.2. The Hall–Kier alpha value is -3.97. The topological polar surface area (TPSA) is 78.7 Å². The maximum atomic E-state index is 12.2. The summed E-state index contributed by atoms with van der Waals surface area (Å²) >= 11 is 0. The fourth-order valence-corrected chi connectivity index (χ4v) is 5.30. The van der Waals surface area contributed by atoms with Gasteiger partial charge >= 0.3 is 5.97 Å². The number of aromatic carboxylic acids is 1. The highest BCUT2D eigenvalue weighted by atomic mass is 16.4. The van der Waals surface area contributed by atoms with E-state index in [9.17, 15) is 14.7 Å². The van der Waals surface area contributed by atoms with Crippen molar-refractivity contribution in [2.45, 2.75) is 25.3 Å². The Morgan fingerprint density at radius 2 is 1.73 bits per heavy atom. The third kappa shape index (κ3) is 5.00. The summed E-state index contributed by atoms with van der Waals surface area (Å²) in [5, 5.41) is 10.4. The van der Waals surface area contributed by atoms with E-state index >= 15 is 0 Å². The van der Waals surface area contributed by atoms with Crippen molar-refractivity contribution in [2.75, 3.05) is 27.2 Å². The Labute approximate surface area is 217 Å². The number of carbonyl (C=O) groups excluding carboxylic acids is 1. The first-order valence-electron chi connectivity index (χ1n) is 12.6. The highest BCUT2D eigenvalue weighted by Crippen LogP contribution is 2.32. The van der Waals surface area contributed by atoms with E-state index in [1.807, 2.05) is 31.3 Å². The van der Waals surface area contributed by atoms with Gasteiger partial charge in [0.25, 0.3) is 5.91 Å². The molecule has 1 N–H and O–H groups in total. The molecule has 5 rings (SSSR count). The molecule has 1 aliphatic rings. The van der Waals surface area contributed by atoms with Crippen LogP contribution in [0.2, 0.25) is 0 Å². The predicted octanol–water partition coefficient (Wildman–Crippen LogP) is 5.02. The number of aryl methyl sites for hydroxylation is 1. The molecule has 0 saturated carbocycles. The third-order valence-corrected chi connectivity index (χ3v) is 7.46. The average Bonchev–Trinajstić information content (AvgIpc) is 3.23. The highest BCUT2D eigenvalue weighted by Gasteiger charge is 2.23. The summed E-state index contributed by atoms with van der Waals surface area (Å²) in [5.74, 6) is -0.395. The smallest absolute Gasteiger partial charge is 0.335 e. The molecule has 1 saturated heterocycles. The molecule has 37 heavy (non-hydrogen) atoms. The lowest BCUT2D eigenvalue weighted by atomic mass is 9.89. The van der Waals surface area contributed by atoms with E-state index in [4.69, 9.17) is 0 Å². The van der Waals surface area contributed by atoms with E-state index < -0.39 is 5.97 Å². The van der Waals surface area contributed by atoms with Gasteiger partial charge < -0.3 is 14.6 Å². The Morgan fingerprint density at radius 1 is 1.00 bits per heavy atom. The maximum Gasteiger partial charge on any atom is 0.335 e. The van der Waals surface area contributed by atoms with Crippen LogP contribution in [0.15, 0.2) is 66.9 Å². The Balaban J connectivity index is 1.30. The number of piperidine rings is 1. The van der Waals surface area contributed by atoms with E-state index in [1.54, 1.807) is 43.4 Å². The summed E-state index contributed by atoms with van der Waals surface area (Å²) < 4.78 is 2.15. The number of amides is 1. The monoisotopic (exact) mass is 496 g/mol. The van der Waals surface area contributed by atoms with Gasteiger partial charge in [0, 0.05) is 50.5 Å². The van der Waals surface area contributed by atoms with Crippen molar-refractivity contribution in [3.05, 3.63) is 89.2 Å². The largest absolute Gasteiger partial charge is 0.478 e. The number of carboxylic acids is 1. The minimum Gasteiger partial charge on any atom is -0.478 e. The first-order valence-corrected chi connectivity index (χ1v) is 12.6. The fraction of sp³-hybridized carbons (Fsp3) is 0.300. The molecule has 4 aromatic rings. The number of pyridine rings is 1. The predicted molar refractivity (Wildman–Crippen MR) is 145 cm³/mol. The summed E-state index contributed by atoms with van der Waals surface area (Å²) in [6.07, 6.45) is 3.95. The quantitative estimate of drug-likeness (QED) is 0.406. The van der Waals surface area contributed by atoms with Crippen molar-refractivity contribution >= 4 is 22.9 Å². The number of hydrogen-bond donors (Lipinski definition) is 1. The number of fused-ring (bicyclic) bond motifs is 1. The van der Waals surface area contributed by atoms with Gasteiger partial charge in [-0.25, -0.2) is 9.78 Å². The van der Waals surface area contributed by atoms with Crippen LogP contribution in [0, 0.1) is 0 Å². The van der Waals surface area contributed by atoms with Crippen molar-refractivity contribution in [2.24, 2.45) is 7.05 Å². The molecule has 1 amide bonds. The molecule has 0 bridgehead atoms. The van der Waals surface area contributed by atoms with E-state index in [0.717, 1.165) is 60.2 Å². The fourth-order valence-electron chi connectivity index (χ4n) is 5.30. The van der Waals surface area contributed by atoms with Crippen molar-refractivity contribution in [3.63, 3.8) is 0 Å². The number of likely N-dealkylation sites (tertiary alicyclic amines) is 1. The minimum atomic E-state index is -0.928. The first kappa shape index (κ1) is 24.7. The molecule has 2 aromatic carbocycles. The molecule has 0 unspecified atom stereocenters. The standard InChI is InChI=1S/C30H32N4O3/c1-32(2)29(35)22-9-7-20(8-10-22)21-12-15-34(16-13-21)19-25-18-27-26(11-14-31-28(27)33(25)3)23-5-4-6-24(17-23)30(36)37/h4-11,14,17-18,21H,12-13,15-16,19H2,1-3H3,(H,36,37). The normalized spacial score (nSPS) is 14.7. The highest BCUT2D eigenvalue weighted by molar-refractivity contribution is 5.96. The van der Waals surface area contributed by atoms with Crippen molar-refractivity contribution in [1.82, 2.24) is 19.4 Å². The molecule has 7 nitrogen and oxygen atoms in total. The van der Waals surface area contributed by atoms with Crippen molar-refractivity contribution in [1.29, 1.82) is 0 Å². The van der Waals surface area contributed by atoms with E-state index in [-0.39, 0.29) is 11.5 Å². The SMILES string of the molecule is CN(C)C(=O)c1ccc(C2CCN(Cc3cc4c(-c5cccc(C(=O)O)c5)ccnc4n3C)CC2)cc1. The lowest BCUT2D eigenvalue weighted by Gasteiger charge is -2.32. The Morgan fingerprint density at radius 3 is 2.41 bits per heavy atom. The van der Waals surface area contributed by atoms with Crippen LogP contribution < -0.4 is 0 Å². The van der Waals surface area contributed by atoms with Crippen molar-refractivity contribution in [3.8, 4) is 11.1 Å². The zero-order chi connectivity index (χ0) is 26.1. The van der Waals surface area contributed by atoms with Gasteiger partial charge in [-0.15, -0.1) is 0 Å². The van der Waals surface area contributed by atoms with Crippen LogP contribution >= 0.6 is 0 Å². The molecule has 0 atom stereocenters. The lowest BCUT2D eigenvalue weighted by Crippen LogP contribution is -2.33. The average molecular weight is 497 g/mol. The molecule has 1 aliphatic heterocycles. The van der Waals surface area contributed by atoms with Crippen LogP contribution in [0.4, 0.5) is 0 Å². The minimum absolute atomic E-state index is 0.0311. The second-order valence-corrected chi connectivity index (χ2v) is 10.0. The van der Waals surface area contributed by atoms with Crippen LogP contribution in [0.3, 0.4) is 0 Å². The Bertz CT molecular complexity index is 1450. The number of hydrogen-bond acceptors (Lipinski definition) is 4. The first-order chi connectivity index (χ1) is 17.8. The number of carbonyl (C=O) groups is 2. The molecule has 1 fully saturated rings. The summed E-state index contributed by atoms with van der Waals surface area (Å²) in [7, 11) is 5.59. The van der Waals surface area contributed by atoms with Crippen LogP contribution in [0.25, 0.3) is 22.2 Å². The number of nitrogens with zero attached hydrogens (tertiary/aromatic N) is 4. The van der Waals surface area contributed by atoms with E-state index in [2.05, 4.69) is 32.7 Å². The molecule has 190 valence electrons. The number of rotatable bonds is 6. The van der Waals surface area contributed by atoms with Crippen LogP contribution in [-0.4, -0.2) is 63.5 Å². The van der Waals surface area contributed by atoms with Gasteiger partial charge in [0.15, 0.2) is 0 Å². The molecular weight excluding hydrogens is 464 g/mol. The van der Waals surface area contributed by atoms with Gasteiger partial charge in [0.05, 0.1) is 5.56 Å². The molecule has 7 heteroatoms. The van der Waals surface area contributed by atoms with E-state index in [0.29, 0.717) is 5.92 Å². The van der Waals surface area contributed by atoms with Gasteiger partial charge in [0.2, 0.25) is 0 Å². The summed E-state index contributed by atoms with van der Waals surface area (Å²) in [4.78, 5) is 32.4. The molecular formula is C30H32N4O3. The number of carboxylic acid groups (broad SMARTS) is 1. The van der Waals surface area contributed by atoms with Crippen LogP contribution in [-0.2, 0) is 13.6 Å². The number of aromatic nitrogens is 2.